The van der Waals surface area contributed by atoms with Crippen molar-refractivity contribution in [3.05, 3.63) is 60.1 Å². The first-order valence-corrected chi connectivity index (χ1v) is 5.48. The Morgan fingerprint density at radius 2 is 2.06 bits per heavy atom. The summed E-state index contributed by atoms with van der Waals surface area (Å²) < 4.78 is 5.51. The van der Waals surface area contributed by atoms with Gasteiger partial charge in [-0.2, -0.15) is 0 Å². The summed E-state index contributed by atoms with van der Waals surface area (Å²) in [7, 11) is 0. The van der Waals surface area contributed by atoms with E-state index in [0.29, 0.717) is 16.8 Å². The van der Waals surface area contributed by atoms with Crippen LogP contribution in [0.1, 0.15) is 16.1 Å². The summed E-state index contributed by atoms with van der Waals surface area (Å²) in [5, 5.41) is 0.892. The lowest BCUT2D eigenvalue weighted by atomic mass is 10.1. The number of nitrogens with zero attached hydrogens (tertiary/aromatic N) is 1. The highest BCUT2D eigenvalue weighted by molar-refractivity contribution is 6.11. The molecule has 0 aliphatic heterocycles. The SMILES string of the molecule is Nc1ccncc1C(=O)c1cc2ccccc2o1. The van der Waals surface area contributed by atoms with Gasteiger partial charge in [-0.1, -0.05) is 18.2 Å². The fraction of sp³-hybridized carbons (Fsp3) is 0. The molecule has 4 nitrogen and oxygen atoms in total. The Morgan fingerprint density at radius 3 is 2.83 bits per heavy atom. The fourth-order valence-corrected chi connectivity index (χ4v) is 1.82. The molecule has 1 aromatic carbocycles. The Labute approximate surface area is 103 Å². The van der Waals surface area contributed by atoms with Gasteiger partial charge in [-0.3, -0.25) is 9.78 Å². The zero-order chi connectivity index (χ0) is 12.5. The zero-order valence-corrected chi connectivity index (χ0v) is 9.46. The van der Waals surface area contributed by atoms with Gasteiger partial charge in [-0.15, -0.1) is 0 Å². The normalized spacial score (nSPS) is 10.7. The van der Waals surface area contributed by atoms with Gasteiger partial charge in [0, 0.05) is 23.5 Å². The lowest BCUT2D eigenvalue weighted by Crippen LogP contribution is -2.04. The summed E-state index contributed by atoms with van der Waals surface area (Å²) in [6, 6.07) is 10.8. The number of furan rings is 1. The van der Waals surface area contributed by atoms with E-state index >= 15 is 0 Å². The Morgan fingerprint density at radius 1 is 1.22 bits per heavy atom. The first-order chi connectivity index (χ1) is 8.75. The van der Waals surface area contributed by atoms with Gasteiger partial charge in [0.2, 0.25) is 5.78 Å². The number of carbonyl (C=O) groups excluding carboxylic acids is 1. The average Bonchev–Trinajstić information content (AvgIpc) is 2.82. The molecule has 0 radical (unpaired) electrons. The molecule has 18 heavy (non-hydrogen) atoms. The lowest BCUT2D eigenvalue weighted by Gasteiger charge is -2.00. The number of ketones is 1. The van der Waals surface area contributed by atoms with Crippen LogP contribution in [0.3, 0.4) is 0 Å². The van der Waals surface area contributed by atoms with E-state index < -0.39 is 0 Å². The summed E-state index contributed by atoms with van der Waals surface area (Å²) in [6.07, 6.45) is 3.00. The molecule has 2 heterocycles. The molecule has 0 bridgehead atoms. The van der Waals surface area contributed by atoms with Gasteiger partial charge in [0.15, 0.2) is 5.76 Å². The molecule has 88 valence electrons. The van der Waals surface area contributed by atoms with Crippen molar-refractivity contribution in [2.45, 2.75) is 0 Å². The smallest absolute Gasteiger partial charge is 0.231 e. The van der Waals surface area contributed by atoms with Gasteiger partial charge in [-0.25, -0.2) is 0 Å². The molecule has 0 aliphatic carbocycles. The fourth-order valence-electron chi connectivity index (χ4n) is 1.82. The molecule has 2 aromatic heterocycles. The molecule has 0 unspecified atom stereocenters. The van der Waals surface area contributed by atoms with E-state index in [1.54, 1.807) is 18.3 Å². The second-order valence-corrected chi connectivity index (χ2v) is 3.94. The number of anilines is 1. The molecular weight excluding hydrogens is 228 g/mol. The van der Waals surface area contributed by atoms with Crippen LogP contribution in [0, 0.1) is 0 Å². The largest absolute Gasteiger partial charge is 0.453 e. The summed E-state index contributed by atoms with van der Waals surface area (Å²) in [5.74, 6) is 0.0210. The maximum absolute atomic E-state index is 12.2. The summed E-state index contributed by atoms with van der Waals surface area (Å²) in [6.45, 7) is 0. The maximum atomic E-state index is 12.2. The third kappa shape index (κ3) is 1.64. The van der Waals surface area contributed by atoms with Gasteiger partial charge < -0.3 is 10.2 Å². The van der Waals surface area contributed by atoms with E-state index in [2.05, 4.69) is 4.98 Å². The standard InChI is InChI=1S/C14H10N2O2/c15-11-5-6-16-8-10(11)14(17)13-7-9-3-1-2-4-12(9)18-13/h1-8H,(H2,15,16). The molecule has 0 atom stereocenters. The first-order valence-electron chi connectivity index (χ1n) is 5.48. The zero-order valence-electron chi connectivity index (χ0n) is 9.46. The van der Waals surface area contributed by atoms with E-state index in [4.69, 9.17) is 10.2 Å². The topological polar surface area (TPSA) is 69.1 Å². The number of carbonyl (C=O) groups is 1. The number of hydrogen-bond donors (Lipinski definition) is 1. The first kappa shape index (κ1) is 10.5. The number of aromatic nitrogens is 1. The number of rotatable bonds is 2. The van der Waals surface area contributed by atoms with Crippen LogP contribution in [0.2, 0.25) is 0 Å². The molecule has 0 saturated carbocycles. The van der Waals surface area contributed by atoms with Crippen LogP contribution in [0.4, 0.5) is 5.69 Å². The summed E-state index contributed by atoms with van der Waals surface area (Å²) >= 11 is 0. The molecule has 4 heteroatoms. The Kier molecular flexibility index (Phi) is 2.34. The number of para-hydroxylation sites is 1. The highest BCUT2D eigenvalue weighted by Crippen LogP contribution is 2.22. The van der Waals surface area contributed by atoms with Crippen LogP contribution in [0.25, 0.3) is 11.0 Å². The van der Waals surface area contributed by atoms with Crippen LogP contribution in [0.5, 0.6) is 0 Å². The molecular formula is C14H10N2O2. The van der Waals surface area contributed by atoms with E-state index in [-0.39, 0.29) is 11.5 Å². The lowest BCUT2D eigenvalue weighted by molar-refractivity contribution is 0.101. The van der Waals surface area contributed by atoms with Crippen molar-refractivity contribution in [1.29, 1.82) is 0 Å². The molecule has 0 spiro atoms. The summed E-state index contributed by atoms with van der Waals surface area (Å²) in [4.78, 5) is 16.1. The third-order valence-electron chi connectivity index (χ3n) is 2.75. The minimum absolute atomic E-state index is 0.253. The van der Waals surface area contributed by atoms with Crippen LogP contribution in [-0.4, -0.2) is 10.8 Å². The monoisotopic (exact) mass is 238 g/mol. The van der Waals surface area contributed by atoms with Gasteiger partial charge in [0.05, 0.1) is 5.56 Å². The summed E-state index contributed by atoms with van der Waals surface area (Å²) in [5.41, 5.74) is 7.19. The van der Waals surface area contributed by atoms with Crippen LogP contribution in [-0.2, 0) is 0 Å². The minimum Gasteiger partial charge on any atom is -0.453 e. The van der Waals surface area contributed by atoms with Crippen molar-refractivity contribution >= 4 is 22.4 Å². The number of pyridine rings is 1. The molecule has 0 saturated heterocycles. The number of benzene rings is 1. The maximum Gasteiger partial charge on any atom is 0.231 e. The molecule has 3 rings (SSSR count). The van der Waals surface area contributed by atoms with Crippen molar-refractivity contribution in [2.75, 3.05) is 5.73 Å². The van der Waals surface area contributed by atoms with E-state index in [1.807, 2.05) is 24.3 Å². The van der Waals surface area contributed by atoms with Gasteiger partial charge in [-0.05, 0) is 18.2 Å². The second-order valence-electron chi connectivity index (χ2n) is 3.94. The number of nitrogen functional groups attached to an aromatic ring is 1. The van der Waals surface area contributed by atoms with Gasteiger partial charge >= 0.3 is 0 Å². The number of fused-ring (bicyclic) bond motifs is 1. The Balaban J connectivity index is 2.10. The Bertz CT molecular complexity index is 698. The van der Waals surface area contributed by atoms with Gasteiger partial charge in [0.25, 0.3) is 0 Å². The Hall–Kier alpha value is -2.62. The molecule has 0 fully saturated rings. The number of hydrogen-bond acceptors (Lipinski definition) is 4. The molecule has 2 N–H and O–H groups in total. The van der Waals surface area contributed by atoms with E-state index in [0.717, 1.165) is 5.39 Å². The van der Waals surface area contributed by atoms with Crippen LogP contribution < -0.4 is 5.73 Å². The van der Waals surface area contributed by atoms with Crippen molar-refractivity contribution in [2.24, 2.45) is 0 Å². The molecule has 3 aromatic rings. The van der Waals surface area contributed by atoms with Crippen molar-refractivity contribution in [3.8, 4) is 0 Å². The highest BCUT2D eigenvalue weighted by Gasteiger charge is 2.16. The van der Waals surface area contributed by atoms with Gasteiger partial charge in [0.1, 0.15) is 5.58 Å². The van der Waals surface area contributed by atoms with Crippen molar-refractivity contribution in [3.63, 3.8) is 0 Å². The predicted molar refractivity (Wildman–Crippen MR) is 68.3 cm³/mol. The van der Waals surface area contributed by atoms with E-state index in [9.17, 15) is 4.79 Å². The van der Waals surface area contributed by atoms with Crippen molar-refractivity contribution in [1.82, 2.24) is 4.98 Å². The predicted octanol–water partition coefficient (Wildman–Crippen LogP) is 2.64. The van der Waals surface area contributed by atoms with Crippen LogP contribution >= 0.6 is 0 Å². The van der Waals surface area contributed by atoms with E-state index in [1.165, 1.54) is 6.20 Å². The third-order valence-corrected chi connectivity index (χ3v) is 2.75. The van der Waals surface area contributed by atoms with Crippen LogP contribution in [0.15, 0.2) is 53.2 Å². The molecule has 0 aliphatic rings. The highest BCUT2D eigenvalue weighted by atomic mass is 16.3. The average molecular weight is 238 g/mol. The minimum atomic E-state index is -0.253. The second kappa shape index (κ2) is 4.00. The molecule has 0 amide bonds. The quantitative estimate of drug-likeness (QED) is 0.697. The van der Waals surface area contributed by atoms with Crippen molar-refractivity contribution < 1.29 is 9.21 Å². The number of nitrogens with two attached hydrogens (primary N) is 1.